The normalized spacial score (nSPS) is 41.3. The third kappa shape index (κ3) is 4.96. The van der Waals surface area contributed by atoms with Crippen LogP contribution in [0.2, 0.25) is 0 Å². The Morgan fingerprint density at radius 3 is 1.13 bits per heavy atom. The molecule has 2 aliphatic carbocycles. The van der Waals surface area contributed by atoms with E-state index in [9.17, 15) is 0 Å². The maximum atomic E-state index is 2.72. The zero-order valence-electron chi connectivity index (χ0n) is 15.8. The topological polar surface area (TPSA) is 0 Å². The van der Waals surface area contributed by atoms with Crippen molar-refractivity contribution in [3.05, 3.63) is 0 Å². The highest BCUT2D eigenvalue weighted by atomic mass is 31.1. The van der Waals surface area contributed by atoms with Gasteiger partial charge in [0, 0.05) is 0 Å². The van der Waals surface area contributed by atoms with Crippen molar-refractivity contribution < 1.29 is 0 Å². The van der Waals surface area contributed by atoms with E-state index in [0.29, 0.717) is 7.92 Å². The first-order valence-corrected chi connectivity index (χ1v) is 13.0. The summed E-state index contributed by atoms with van der Waals surface area (Å²) in [6, 6.07) is 0. The van der Waals surface area contributed by atoms with Gasteiger partial charge >= 0.3 is 0 Å². The van der Waals surface area contributed by atoms with E-state index in [4.69, 9.17) is 0 Å². The largest absolute Gasteiger partial charge is 0.103 e. The molecule has 0 spiro atoms. The second-order valence-corrected chi connectivity index (χ2v) is 11.5. The average Bonchev–Trinajstić information content (AvgIpc) is 2.76. The van der Waals surface area contributed by atoms with Gasteiger partial charge < -0.3 is 0 Å². The molecule has 3 rings (SSSR count). The molecule has 0 aromatic carbocycles. The number of hydrogen-bond donors (Lipinski definition) is 0. The van der Waals surface area contributed by atoms with Crippen LogP contribution in [-0.2, 0) is 0 Å². The molecule has 0 radical (unpaired) electrons. The molecule has 23 heavy (non-hydrogen) atoms. The van der Waals surface area contributed by atoms with E-state index < -0.39 is 0 Å². The molecule has 2 saturated carbocycles. The van der Waals surface area contributed by atoms with Crippen molar-refractivity contribution in [3.8, 4) is 0 Å². The van der Waals surface area contributed by atoms with Gasteiger partial charge in [0.05, 0.1) is 0 Å². The monoisotopic (exact) mass is 336 g/mol. The summed E-state index contributed by atoms with van der Waals surface area (Å²) >= 11 is 0. The minimum Gasteiger partial charge on any atom is -0.103 e. The molecule has 0 aromatic heterocycles. The van der Waals surface area contributed by atoms with Crippen molar-refractivity contribution in [3.63, 3.8) is 0 Å². The lowest BCUT2D eigenvalue weighted by atomic mass is 9.77. The van der Waals surface area contributed by atoms with Crippen LogP contribution in [0.5, 0.6) is 0 Å². The molecule has 1 saturated heterocycles. The standard InChI is InChI=1S/C22H41P/c1-23-21-17-13-8-6-4-2-3-5-7-11-15-19(21)20-16-12-9-10-14-18-22(20)23/h19-22H,2-18H2,1H3/t19-,20-,21-,22-,23?/m0/s1. The van der Waals surface area contributed by atoms with Gasteiger partial charge in [-0.3, -0.25) is 0 Å². The fraction of sp³-hybridized carbons (Fsp3) is 1.00. The molecule has 1 heterocycles. The Balaban J connectivity index is 1.67. The molecule has 0 N–H and O–H groups in total. The summed E-state index contributed by atoms with van der Waals surface area (Å²) in [5.41, 5.74) is 2.31. The van der Waals surface area contributed by atoms with Crippen molar-refractivity contribution in [1.29, 1.82) is 0 Å². The fourth-order valence-corrected chi connectivity index (χ4v) is 9.75. The molecule has 134 valence electrons. The second-order valence-electron chi connectivity index (χ2n) is 8.88. The Bertz CT molecular complexity index is 326. The van der Waals surface area contributed by atoms with Crippen molar-refractivity contribution in [1.82, 2.24) is 0 Å². The molecule has 0 nitrogen and oxygen atoms in total. The van der Waals surface area contributed by atoms with Crippen LogP contribution in [-0.4, -0.2) is 18.0 Å². The zero-order chi connectivity index (χ0) is 15.9. The summed E-state index contributed by atoms with van der Waals surface area (Å²) < 4.78 is 0. The molecule has 5 atom stereocenters. The first-order valence-electron chi connectivity index (χ1n) is 11.1. The Morgan fingerprint density at radius 1 is 0.435 bits per heavy atom. The maximum absolute atomic E-state index is 2.72. The van der Waals surface area contributed by atoms with Gasteiger partial charge in [-0.05, 0) is 55.5 Å². The average molecular weight is 337 g/mol. The van der Waals surface area contributed by atoms with Crippen molar-refractivity contribution in [2.75, 3.05) is 6.66 Å². The third-order valence-corrected chi connectivity index (χ3v) is 10.8. The van der Waals surface area contributed by atoms with E-state index in [2.05, 4.69) is 6.66 Å². The van der Waals surface area contributed by atoms with Crippen LogP contribution in [0.15, 0.2) is 0 Å². The summed E-state index contributed by atoms with van der Waals surface area (Å²) in [5, 5.41) is 0. The Labute approximate surface area is 147 Å². The highest BCUT2D eigenvalue weighted by Gasteiger charge is 2.46. The van der Waals surface area contributed by atoms with Crippen LogP contribution < -0.4 is 0 Å². The van der Waals surface area contributed by atoms with Gasteiger partial charge in [-0.2, -0.15) is 0 Å². The Kier molecular flexibility index (Phi) is 7.76. The quantitative estimate of drug-likeness (QED) is 0.397. The van der Waals surface area contributed by atoms with Gasteiger partial charge in [-0.15, -0.1) is 7.92 Å². The maximum Gasteiger partial charge on any atom is -0.0178 e. The molecule has 1 unspecified atom stereocenters. The highest BCUT2D eigenvalue weighted by Crippen LogP contribution is 2.63. The van der Waals surface area contributed by atoms with Gasteiger partial charge in [0.25, 0.3) is 0 Å². The van der Waals surface area contributed by atoms with Crippen molar-refractivity contribution in [2.45, 2.75) is 120 Å². The lowest BCUT2D eigenvalue weighted by Crippen LogP contribution is -2.23. The molecule has 1 aliphatic heterocycles. The van der Waals surface area contributed by atoms with Crippen LogP contribution in [0.4, 0.5) is 0 Å². The first kappa shape index (κ1) is 18.2. The van der Waals surface area contributed by atoms with Crippen LogP contribution in [0, 0.1) is 11.8 Å². The van der Waals surface area contributed by atoms with E-state index >= 15 is 0 Å². The molecular weight excluding hydrogens is 295 g/mol. The number of rotatable bonds is 0. The van der Waals surface area contributed by atoms with E-state index in [-0.39, 0.29) is 0 Å². The predicted octanol–water partition coefficient (Wildman–Crippen LogP) is 7.74. The van der Waals surface area contributed by atoms with Crippen LogP contribution in [0.25, 0.3) is 0 Å². The summed E-state index contributed by atoms with van der Waals surface area (Å²) in [5.74, 6) is 2.27. The predicted molar refractivity (Wildman–Crippen MR) is 106 cm³/mol. The zero-order valence-corrected chi connectivity index (χ0v) is 16.7. The Hall–Kier alpha value is 0.430. The Morgan fingerprint density at radius 2 is 0.739 bits per heavy atom. The first-order chi connectivity index (χ1) is 11.4. The van der Waals surface area contributed by atoms with Crippen LogP contribution in [0.1, 0.15) is 109 Å². The minimum absolute atomic E-state index is 0.320. The minimum atomic E-state index is 0.320. The summed E-state index contributed by atoms with van der Waals surface area (Å²) in [7, 11) is 0.320. The molecule has 1 heteroatoms. The van der Waals surface area contributed by atoms with Gasteiger partial charge in [-0.25, -0.2) is 0 Å². The molecular formula is C22H41P. The molecule has 0 bridgehead atoms. The molecule has 3 fully saturated rings. The van der Waals surface area contributed by atoms with E-state index in [1.54, 1.807) is 51.4 Å². The van der Waals surface area contributed by atoms with Gasteiger partial charge in [-0.1, -0.05) is 83.5 Å². The summed E-state index contributed by atoms with van der Waals surface area (Å²) in [6.45, 7) is 2.72. The van der Waals surface area contributed by atoms with Gasteiger partial charge in [0.15, 0.2) is 0 Å². The lowest BCUT2D eigenvalue weighted by Gasteiger charge is -2.28. The molecule has 3 aliphatic rings. The summed E-state index contributed by atoms with van der Waals surface area (Å²) in [4.78, 5) is 0. The lowest BCUT2D eigenvalue weighted by molar-refractivity contribution is 0.263. The molecule has 0 amide bonds. The molecule has 0 aromatic rings. The smallest absolute Gasteiger partial charge is 0.0178 e. The fourth-order valence-electron chi connectivity index (χ4n) is 6.13. The van der Waals surface area contributed by atoms with Crippen LogP contribution >= 0.6 is 7.92 Å². The van der Waals surface area contributed by atoms with Crippen molar-refractivity contribution in [2.24, 2.45) is 11.8 Å². The van der Waals surface area contributed by atoms with Crippen LogP contribution in [0.3, 0.4) is 0 Å². The SMILES string of the molecule is CP1[C@H]2CCCCCCCCCCC[C@H]2[C@@H]2CCCCCC[C@@H]21. The summed E-state index contributed by atoms with van der Waals surface area (Å²) in [6.07, 6.45) is 26.3. The third-order valence-electron chi connectivity index (χ3n) is 7.41. The van der Waals surface area contributed by atoms with E-state index in [0.717, 1.165) is 23.2 Å². The second kappa shape index (κ2) is 9.79. The number of hydrogen-bond acceptors (Lipinski definition) is 0. The van der Waals surface area contributed by atoms with Gasteiger partial charge in [0.1, 0.15) is 0 Å². The van der Waals surface area contributed by atoms with E-state index in [1.165, 1.54) is 57.8 Å². The van der Waals surface area contributed by atoms with Gasteiger partial charge in [0.2, 0.25) is 0 Å². The highest BCUT2D eigenvalue weighted by molar-refractivity contribution is 7.58. The number of fused-ring (bicyclic) bond motifs is 3. The van der Waals surface area contributed by atoms with E-state index in [1.807, 2.05) is 0 Å². The van der Waals surface area contributed by atoms with Crippen molar-refractivity contribution >= 4 is 7.92 Å².